The van der Waals surface area contributed by atoms with Crippen molar-refractivity contribution in [1.29, 1.82) is 0 Å². The smallest absolute Gasteiger partial charge is 0.252 e. The van der Waals surface area contributed by atoms with Crippen LogP contribution in [0, 0.1) is 0 Å². The molecule has 1 amide bonds. The summed E-state index contributed by atoms with van der Waals surface area (Å²) in [5, 5.41) is 20.4. The van der Waals surface area contributed by atoms with Crippen molar-refractivity contribution in [2.75, 3.05) is 46.6 Å². The van der Waals surface area contributed by atoms with Gasteiger partial charge in [0.2, 0.25) is 0 Å². The van der Waals surface area contributed by atoms with Gasteiger partial charge in [0.25, 0.3) is 5.91 Å². The molecule has 1 atom stereocenters. The molecule has 3 aromatic rings. The third kappa shape index (κ3) is 9.64. The zero-order valence-corrected chi connectivity index (χ0v) is 20.9. The minimum absolute atomic E-state index is 0.000726. The van der Waals surface area contributed by atoms with Gasteiger partial charge in [-0.15, -0.1) is 0 Å². The topological polar surface area (TPSA) is 124 Å². The first-order chi connectivity index (χ1) is 17.9. The van der Waals surface area contributed by atoms with E-state index in [9.17, 15) is 15.0 Å². The number of rotatable bonds is 16. The van der Waals surface area contributed by atoms with Gasteiger partial charge in [-0.05, 0) is 48.0 Å². The second-order valence-electron chi connectivity index (χ2n) is 8.39. The number of aliphatic hydroxyl groups excluding tert-OH is 1. The number of primary amides is 1. The van der Waals surface area contributed by atoms with E-state index in [-0.39, 0.29) is 17.9 Å². The summed E-state index contributed by atoms with van der Waals surface area (Å²) in [4.78, 5) is 13.5. The molecule has 0 fully saturated rings. The lowest BCUT2D eigenvalue weighted by molar-refractivity contribution is 0.0604. The lowest BCUT2D eigenvalue weighted by Crippen LogP contribution is -2.37. The summed E-state index contributed by atoms with van der Waals surface area (Å²) in [6.45, 7) is 2.87. The number of carbonyl (C=O) groups excluding carboxylic acids is 1. The lowest BCUT2D eigenvalue weighted by atomic mass is 10.2. The highest BCUT2D eigenvalue weighted by Gasteiger charge is 2.15. The molecule has 0 spiro atoms. The highest BCUT2D eigenvalue weighted by atomic mass is 16.5. The molecule has 0 aliphatic heterocycles. The number of aromatic hydroxyl groups is 1. The maximum absolute atomic E-state index is 11.5. The zero-order chi connectivity index (χ0) is 26.5. The quantitative estimate of drug-likeness (QED) is 0.251. The van der Waals surface area contributed by atoms with Crippen LogP contribution < -0.4 is 19.9 Å². The number of nitrogens with zero attached hydrogens (tertiary/aromatic N) is 1. The molecule has 37 heavy (non-hydrogen) atoms. The molecule has 0 bridgehead atoms. The summed E-state index contributed by atoms with van der Waals surface area (Å²) in [7, 11) is 1.62. The number of methoxy groups -OCH3 is 1. The maximum Gasteiger partial charge on any atom is 0.252 e. The van der Waals surface area contributed by atoms with Crippen molar-refractivity contribution < 1.29 is 34.0 Å². The van der Waals surface area contributed by atoms with Gasteiger partial charge in [-0.2, -0.15) is 0 Å². The van der Waals surface area contributed by atoms with E-state index >= 15 is 0 Å². The Hall–Kier alpha value is -3.79. The second-order valence-corrected chi connectivity index (χ2v) is 8.39. The normalized spacial score (nSPS) is 11.8. The van der Waals surface area contributed by atoms with E-state index in [4.69, 9.17) is 24.7 Å². The fraction of sp³-hybridized carbons (Fsp3) is 0.321. The van der Waals surface area contributed by atoms with Gasteiger partial charge in [0, 0.05) is 26.7 Å². The first-order valence-corrected chi connectivity index (χ1v) is 12.0. The van der Waals surface area contributed by atoms with E-state index < -0.39 is 12.0 Å². The fourth-order valence-corrected chi connectivity index (χ4v) is 3.59. The number of amides is 1. The van der Waals surface area contributed by atoms with Crippen LogP contribution in [0.2, 0.25) is 0 Å². The summed E-state index contributed by atoms with van der Waals surface area (Å²) in [5.74, 6) is 0.848. The molecule has 9 nitrogen and oxygen atoms in total. The van der Waals surface area contributed by atoms with Crippen LogP contribution in [0.25, 0.3) is 0 Å². The Morgan fingerprint density at radius 3 is 2.22 bits per heavy atom. The van der Waals surface area contributed by atoms with E-state index in [0.717, 1.165) is 11.3 Å². The highest BCUT2D eigenvalue weighted by molar-refractivity contribution is 5.95. The molecule has 0 aliphatic carbocycles. The number of phenols is 1. The Morgan fingerprint density at radius 2 is 1.54 bits per heavy atom. The maximum atomic E-state index is 11.5. The van der Waals surface area contributed by atoms with Gasteiger partial charge in [-0.1, -0.05) is 30.3 Å². The number of benzene rings is 3. The van der Waals surface area contributed by atoms with Crippen LogP contribution in [-0.4, -0.2) is 73.8 Å². The lowest BCUT2D eigenvalue weighted by Gasteiger charge is -2.25. The summed E-state index contributed by atoms with van der Waals surface area (Å²) in [6.07, 6.45) is -0.739. The van der Waals surface area contributed by atoms with Crippen molar-refractivity contribution in [2.45, 2.75) is 12.6 Å². The van der Waals surface area contributed by atoms with Gasteiger partial charge in [-0.25, -0.2) is 0 Å². The average Bonchev–Trinajstić information content (AvgIpc) is 2.89. The number of aliphatic hydroxyl groups is 1. The Labute approximate surface area is 216 Å². The number of nitrogens with two attached hydrogens (primary N) is 1. The first kappa shape index (κ1) is 27.8. The van der Waals surface area contributed by atoms with Gasteiger partial charge in [-0.3, -0.25) is 9.69 Å². The van der Waals surface area contributed by atoms with Crippen LogP contribution >= 0.6 is 0 Å². The van der Waals surface area contributed by atoms with E-state index in [2.05, 4.69) is 4.90 Å². The number of carbonyl (C=O) groups is 1. The van der Waals surface area contributed by atoms with Crippen LogP contribution in [0.4, 0.5) is 0 Å². The van der Waals surface area contributed by atoms with E-state index in [1.54, 1.807) is 25.3 Å². The largest absolute Gasteiger partial charge is 0.507 e. The van der Waals surface area contributed by atoms with Gasteiger partial charge in [0.15, 0.2) is 0 Å². The molecule has 0 aliphatic rings. The molecule has 0 aromatic heterocycles. The van der Waals surface area contributed by atoms with Crippen LogP contribution in [0.15, 0.2) is 72.8 Å². The van der Waals surface area contributed by atoms with Crippen molar-refractivity contribution >= 4 is 5.91 Å². The molecule has 0 heterocycles. The molecule has 4 N–H and O–H groups in total. The standard InChI is InChI=1S/C28H34N2O7/c1-34-15-16-36-23-7-9-24(10-8-23)37-20-22(31)19-30(18-21-5-3-2-4-6-21)13-14-35-25-11-12-27(32)26(17-25)28(29)33/h2-12,17,22,31-32H,13-16,18-20H2,1H3,(H2,29,33). The van der Waals surface area contributed by atoms with E-state index in [0.29, 0.717) is 51.0 Å². The number of hydrogen-bond donors (Lipinski definition) is 3. The summed E-state index contributed by atoms with van der Waals surface area (Å²) >= 11 is 0. The van der Waals surface area contributed by atoms with Gasteiger partial charge < -0.3 is 34.9 Å². The molecule has 0 radical (unpaired) electrons. The molecular formula is C28H34N2O7. The summed E-state index contributed by atoms with van der Waals surface area (Å²) in [6, 6.07) is 21.5. The van der Waals surface area contributed by atoms with E-state index in [1.807, 2.05) is 42.5 Å². The molecule has 198 valence electrons. The minimum Gasteiger partial charge on any atom is -0.507 e. The van der Waals surface area contributed by atoms with Crippen molar-refractivity contribution in [3.05, 3.63) is 83.9 Å². The zero-order valence-electron chi connectivity index (χ0n) is 20.9. The highest BCUT2D eigenvalue weighted by Crippen LogP contribution is 2.22. The monoisotopic (exact) mass is 510 g/mol. The molecule has 0 saturated carbocycles. The van der Waals surface area contributed by atoms with Crippen LogP contribution in [0.1, 0.15) is 15.9 Å². The van der Waals surface area contributed by atoms with Crippen LogP contribution in [0.3, 0.4) is 0 Å². The summed E-state index contributed by atoms with van der Waals surface area (Å²) in [5.41, 5.74) is 6.39. The second kappa shape index (κ2) is 14.7. The predicted octanol–water partition coefficient (Wildman–Crippen LogP) is 2.84. The Morgan fingerprint density at radius 1 is 0.892 bits per heavy atom. The average molecular weight is 511 g/mol. The molecule has 3 rings (SSSR count). The van der Waals surface area contributed by atoms with Crippen molar-refractivity contribution in [3.8, 4) is 23.0 Å². The predicted molar refractivity (Wildman–Crippen MR) is 139 cm³/mol. The van der Waals surface area contributed by atoms with Crippen LogP contribution in [0.5, 0.6) is 23.0 Å². The molecule has 1 unspecified atom stereocenters. The first-order valence-electron chi connectivity index (χ1n) is 12.0. The van der Waals surface area contributed by atoms with Gasteiger partial charge in [0.05, 0.1) is 12.2 Å². The van der Waals surface area contributed by atoms with Crippen molar-refractivity contribution in [2.24, 2.45) is 5.73 Å². The summed E-state index contributed by atoms with van der Waals surface area (Å²) < 4.78 is 22.1. The fourth-order valence-electron chi connectivity index (χ4n) is 3.59. The third-order valence-electron chi connectivity index (χ3n) is 5.45. The minimum atomic E-state index is -0.739. The Balaban J connectivity index is 1.53. The molecule has 0 saturated heterocycles. The van der Waals surface area contributed by atoms with Crippen molar-refractivity contribution in [3.63, 3.8) is 0 Å². The molecular weight excluding hydrogens is 476 g/mol. The third-order valence-corrected chi connectivity index (χ3v) is 5.45. The molecule has 3 aromatic carbocycles. The number of hydrogen-bond acceptors (Lipinski definition) is 8. The molecule has 9 heteroatoms. The number of ether oxygens (including phenoxy) is 4. The van der Waals surface area contributed by atoms with Gasteiger partial charge >= 0.3 is 0 Å². The SMILES string of the molecule is COCCOc1ccc(OCC(O)CN(CCOc2ccc(O)c(C(N)=O)c2)Cc2ccccc2)cc1. The van der Waals surface area contributed by atoms with E-state index in [1.165, 1.54) is 12.1 Å². The van der Waals surface area contributed by atoms with Gasteiger partial charge in [0.1, 0.15) is 48.9 Å². The Kier molecular flexibility index (Phi) is 11.0. The Bertz CT molecular complexity index is 1090. The van der Waals surface area contributed by atoms with Crippen LogP contribution in [-0.2, 0) is 11.3 Å². The van der Waals surface area contributed by atoms with Crippen molar-refractivity contribution in [1.82, 2.24) is 4.90 Å².